The van der Waals surface area contributed by atoms with Gasteiger partial charge in [0.2, 0.25) is 0 Å². The van der Waals surface area contributed by atoms with Gasteiger partial charge in [-0.05, 0) is 72.7 Å². The molecule has 5 nitrogen and oxygen atoms in total. The van der Waals surface area contributed by atoms with Gasteiger partial charge in [-0.2, -0.15) is 0 Å². The van der Waals surface area contributed by atoms with Crippen LogP contribution in [0.1, 0.15) is 37.8 Å². The zero-order chi connectivity index (χ0) is 24.4. The molecule has 0 saturated carbocycles. The maximum absolute atomic E-state index is 13.6. The predicted molar refractivity (Wildman–Crippen MR) is 142 cm³/mol. The fourth-order valence-corrected chi connectivity index (χ4v) is 4.80. The monoisotopic (exact) mass is 465 g/mol. The van der Waals surface area contributed by atoms with Crippen molar-refractivity contribution in [3.63, 3.8) is 0 Å². The number of anilines is 3. The van der Waals surface area contributed by atoms with Gasteiger partial charge in [0.25, 0.3) is 11.8 Å². The van der Waals surface area contributed by atoms with E-state index >= 15 is 0 Å². The van der Waals surface area contributed by atoms with Crippen LogP contribution in [-0.4, -0.2) is 24.9 Å². The topological polar surface area (TPSA) is 52.7 Å². The number of aryl methyl sites for hydroxylation is 1. The van der Waals surface area contributed by atoms with Crippen LogP contribution in [0, 0.1) is 5.92 Å². The van der Waals surface area contributed by atoms with Gasteiger partial charge >= 0.3 is 0 Å². The molecule has 0 bridgehead atoms. The second kappa shape index (κ2) is 9.79. The summed E-state index contributed by atoms with van der Waals surface area (Å²) in [4.78, 5) is 30.8. The van der Waals surface area contributed by atoms with Gasteiger partial charge in [-0.1, -0.05) is 56.3 Å². The maximum Gasteiger partial charge on any atom is 0.282 e. The Morgan fingerprint density at radius 3 is 2.06 bits per heavy atom. The Kier molecular flexibility index (Phi) is 6.41. The Morgan fingerprint density at radius 2 is 1.43 bits per heavy atom. The summed E-state index contributed by atoms with van der Waals surface area (Å²) < 4.78 is 0. The molecule has 5 heteroatoms. The van der Waals surface area contributed by atoms with Gasteiger partial charge in [-0.25, -0.2) is 4.90 Å². The summed E-state index contributed by atoms with van der Waals surface area (Å²) in [5.74, 6) is 0.127. The van der Waals surface area contributed by atoms with Crippen LogP contribution in [0.5, 0.6) is 0 Å². The van der Waals surface area contributed by atoms with E-state index in [-0.39, 0.29) is 11.8 Å². The minimum atomic E-state index is -0.341. The zero-order valence-electron chi connectivity index (χ0n) is 20.3. The Labute approximate surface area is 207 Å². The minimum absolute atomic E-state index is 0.306. The number of nitrogens with one attached hydrogen (secondary N) is 1. The van der Waals surface area contributed by atoms with Crippen LogP contribution in [0.3, 0.4) is 0 Å². The second-order valence-corrected chi connectivity index (χ2v) is 9.42. The van der Waals surface area contributed by atoms with Crippen LogP contribution in [0.15, 0.2) is 84.6 Å². The van der Waals surface area contributed by atoms with E-state index in [1.54, 1.807) is 0 Å². The van der Waals surface area contributed by atoms with Crippen molar-refractivity contribution >= 4 is 34.4 Å². The van der Waals surface area contributed by atoms with Gasteiger partial charge in [0.1, 0.15) is 5.70 Å². The number of hydrogen-bond acceptors (Lipinski definition) is 4. The van der Waals surface area contributed by atoms with Gasteiger partial charge < -0.3 is 10.2 Å². The van der Waals surface area contributed by atoms with Crippen molar-refractivity contribution in [3.8, 4) is 0 Å². The van der Waals surface area contributed by atoms with E-state index < -0.39 is 0 Å². The Bertz CT molecular complexity index is 1240. The third-order valence-electron chi connectivity index (χ3n) is 7.03. The van der Waals surface area contributed by atoms with Gasteiger partial charge in [0.15, 0.2) is 0 Å². The average molecular weight is 466 g/mol. The normalized spacial score (nSPS) is 16.9. The van der Waals surface area contributed by atoms with Crippen molar-refractivity contribution in [1.29, 1.82) is 0 Å². The van der Waals surface area contributed by atoms with Crippen LogP contribution in [0.25, 0.3) is 5.57 Å². The molecule has 0 aromatic heterocycles. The number of benzene rings is 3. The molecule has 0 aliphatic carbocycles. The Balaban J connectivity index is 1.45. The van der Waals surface area contributed by atoms with Gasteiger partial charge in [0, 0.05) is 24.5 Å². The number of piperidine rings is 1. The van der Waals surface area contributed by atoms with E-state index in [2.05, 4.69) is 36.2 Å². The van der Waals surface area contributed by atoms with Crippen LogP contribution in [0.2, 0.25) is 0 Å². The number of carbonyl (C=O) groups excluding carboxylic acids is 2. The van der Waals surface area contributed by atoms with Gasteiger partial charge in [-0.3, -0.25) is 9.59 Å². The Hall–Kier alpha value is -3.86. The molecule has 3 aromatic rings. The highest BCUT2D eigenvalue weighted by molar-refractivity contribution is 6.46. The molecule has 0 unspecified atom stereocenters. The Morgan fingerprint density at radius 1 is 0.800 bits per heavy atom. The molecule has 1 N–H and O–H groups in total. The number of nitrogens with zero attached hydrogens (tertiary/aromatic N) is 2. The first kappa shape index (κ1) is 22.9. The lowest BCUT2D eigenvalue weighted by atomic mass is 9.99. The maximum atomic E-state index is 13.6. The highest BCUT2D eigenvalue weighted by Crippen LogP contribution is 2.34. The van der Waals surface area contributed by atoms with Crippen molar-refractivity contribution in [2.45, 2.75) is 33.1 Å². The lowest BCUT2D eigenvalue weighted by Crippen LogP contribution is -2.32. The molecular weight excluding hydrogens is 434 g/mol. The van der Waals surface area contributed by atoms with E-state index in [1.165, 1.54) is 23.4 Å². The molecule has 1 fully saturated rings. The van der Waals surface area contributed by atoms with E-state index in [0.717, 1.165) is 42.2 Å². The summed E-state index contributed by atoms with van der Waals surface area (Å²) in [6.45, 7) is 6.52. The number of rotatable bonds is 6. The first-order valence-corrected chi connectivity index (χ1v) is 12.4. The molecule has 35 heavy (non-hydrogen) atoms. The third kappa shape index (κ3) is 4.59. The van der Waals surface area contributed by atoms with E-state index in [0.29, 0.717) is 17.0 Å². The van der Waals surface area contributed by atoms with Crippen molar-refractivity contribution in [3.05, 3.63) is 95.7 Å². The van der Waals surface area contributed by atoms with E-state index in [9.17, 15) is 9.59 Å². The lowest BCUT2D eigenvalue weighted by Gasteiger charge is -2.32. The first-order chi connectivity index (χ1) is 17.0. The second-order valence-electron chi connectivity index (χ2n) is 9.42. The van der Waals surface area contributed by atoms with Crippen LogP contribution in [0.4, 0.5) is 17.1 Å². The van der Waals surface area contributed by atoms with Crippen molar-refractivity contribution in [1.82, 2.24) is 0 Å². The number of hydrogen-bond donors (Lipinski definition) is 1. The molecule has 2 amide bonds. The predicted octanol–water partition coefficient (Wildman–Crippen LogP) is 5.88. The molecule has 2 aliphatic heterocycles. The lowest BCUT2D eigenvalue weighted by molar-refractivity contribution is -0.120. The third-order valence-corrected chi connectivity index (χ3v) is 7.03. The number of amides is 2. The summed E-state index contributed by atoms with van der Waals surface area (Å²) in [6.07, 6.45) is 3.31. The van der Waals surface area contributed by atoms with Crippen LogP contribution < -0.4 is 15.1 Å². The molecule has 1 saturated heterocycles. The molecule has 3 aromatic carbocycles. The molecule has 178 valence electrons. The molecule has 0 atom stereocenters. The van der Waals surface area contributed by atoms with E-state index in [1.807, 2.05) is 66.7 Å². The molecule has 0 radical (unpaired) electrons. The molecule has 2 aliphatic rings. The summed E-state index contributed by atoms with van der Waals surface area (Å²) in [5, 5.41) is 3.28. The molecular formula is C30H31N3O2. The van der Waals surface area contributed by atoms with Crippen LogP contribution >= 0.6 is 0 Å². The highest BCUT2D eigenvalue weighted by atomic mass is 16.2. The standard InChI is InChI=1S/C30H31N3O2/c1-3-22-9-13-26(14-10-22)33-29(34)27(23-7-5-4-6-8-23)28(30(33)35)31-24-11-15-25(16-12-24)32-19-17-21(2)18-20-32/h4-16,21,31H,3,17-20H2,1-2H3. The van der Waals surface area contributed by atoms with E-state index in [4.69, 9.17) is 0 Å². The number of imide groups is 1. The quantitative estimate of drug-likeness (QED) is 0.462. The smallest absolute Gasteiger partial charge is 0.282 e. The largest absolute Gasteiger partial charge is 0.372 e. The fourth-order valence-electron chi connectivity index (χ4n) is 4.80. The highest BCUT2D eigenvalue weighted by Gasteiger charge is 2.40. The van der Waals surface area contributed by atoms with Gasteiger partial charge in [0.05, 0.1) is 11.3 Å². The van der Waals surface area contributed by atoms with Crippen LogP contribution in [-0.2, 0) is 16.0 Å². The summed E-state index contributed by atoms with van der Waals surface area (Å²) in [7, 11) is 0. The van der Waals surface area contributed by atoms with Crippen molar-refractivity contribution < 1.29 is 9.59 Å². The molecule has 2 heterocycles. The van der Waals surface area contributed by atoms with Crippen molar-refractivity contribution in [2.24, 2.45) is 5.92 Å². The summed E-state index contributed by atoms with van der Waals surface area (Å²) >= 11 is 0. The SMILES string of the molecule is CCc1ccc(N2C(=O)C(Nc3ccc(N4CCC(C)CC4)cc3)=C(c3ccccc3)C2=O)cc1. The molecule has 5 rings (SSSR count). The van der Waals surface area contributed by atoms with Gasteiger partial charge in [-0.15, -0.1) is 0 Å². The first-order valence-electron chi connectivity index (χ1n) is 12.4. The summed E-state index contributed by atoms with van der Waals surface area (Å²) in [5.41, 5.74) is 5.13. The minimum Gasteiger partial charge on any atom is -0.372 e. The fraction of sp³-hybridized carbons (Fsp3) is 0.267. The number of carbonyl (C=O) groups is 2. The molecule has 0 spiro atoms. The zero-order valence-corrected chi connectivity index (χ0v) is 20.3. The van der Waals surface area contributed by atoms with Crippen molar-refractivity contribution in [2.75, 3.05) is 28.2 Å². The average Bonchev–Trinajstić information content (AvgIpc) is 3.14. The summed E-state index contributed by atoms with van der Waals surface area (Å²) in [6, 6.07) is 25.1.